The highest BCUT2D eigenvalue weighted by molar-refractivity contribution is 5.48. The molecule has 3 aromatic rings. The molecule has 0 saturated heterocycles. The molecule has 0 amide bonds. The lowest BCUT2D eigenvalue weighted by Crippen LogP contribution is -2.41. The zero-order valence-electron chi connectivity index (χ0n) is 17.2. The van der Waals surface area contributed by atoms with Crippen LogP contribution in [0.25, 0.3) is 0 Å². The minimum absolute atomic E-state index is 0.140. The number of halogens is 1. The molecule has 1 aromatic heterocycles. The normalized spacial score (nSPS) is 15.2. The summed E-state index contributed by atoms with van der Waals surface area (Å²) in [6, 6.07) is 14.8. The third kappa shape index (κ3) is 4.36. The van der Waals surface area contributed by atoms with Gasteiger partial charge in [-0.3, -0.25) is 4.57 Å². The Balaban J connectivity index is 1.50. The van der Waals surface area contributed by atoms with Crippen molar-refractivity contribution in [2.75, 3.05) is 11.9 Å². The van der Waals surface area contributed by atoms with E-state index in [1.54, 1.807) is 28.8 Å². The van der Waals surface area contributed by atoms with Crippen molar-refractivity contribution in [1.82, 2.24) is 9.55 Å². The van der Waals surface area contributed by atoms with Gasteiger partial charge in [0.15, 0.2) is 0 Å². The molecule has 2 aromatic carbocycles. The van der Waals surface area contributed by atoms with E-state index < -0.39 is 0 Å². The highest BCUT2D eigenvalue weighted by Crippen LogP contribution is 2.27. The van der Waals surface area contributed by atoms with Crippen LogP contribution in [0.1, 0.15) is 24.5 Å². The molecule has 7 nitrogen and oxygen atoms in total. The molecule has 0 bridgehead atoms. The van der Waals surface area contributed by atoms with E-state index in [1.165, 1.54) is 24.3 Å². The lowest BCUT2D eigenvalue weighted by atomic mass is 10.1. The quantitative estimate of drug-likeness (QED) is 0.624. The van der Waals surface area contributed by atoms with Gasteiger partial charge in [0.05, 0.1) is 5.56 Å². The molecule has 0 N–H and O–H groups in total. The van der Waals surface area contributed by atoms with Crippen LogP contribution in [0.2, 0.25) is 0 Å². The van der Waals surface area contributed by atoms with E-state index in [0.717, 1.165) is 17.8 Å². The lowest BCUT2D eigenvalue weighted by Gasteiger charge is -2.34. The second-order valence-electron chi connectivity index (χ2n) is 7.42. The molecule has 1 atom stereocenters. The predicted molar refractivity (Wildman–Crippen MR) is 113 cm³/mol. The first-order valence-electron chi connectivity index (χ1n) is 9.88. The van der Waals surface area contributed by atoms with Gasteiger partial charge in [0, 0.05) is 25.7 Å². The Kier molecular flexibility index (Phi) is 5.58. The largest absolute Gasteiger partial charge is 0.473 e. The smallest absolute Gasteiger partial charge is 0.352 e. The van der Waals surface area contributed by atoms with E-state index >= 15 is 0 Å². The number of hydrogen-bond acceptors (Lipinski definition) is 6. The number of aromatic nitrogens is 2. The van der Waals surface area contributed by atoms with Crippen molar-refractivity contribution in [2.45, 2.75) is 32.5 Å². The van der Waals surface area contributed by atoms with Crippen molar-refractivity contribution in [1.29, 1.82) is 5.26 Å². The van der Waals surface area contributed by atoms with Gasteiger partial charge in [0.1, 0.15) is 35.8 Å². The Labute approximate surface area is 178 Å². The second kappa shape index (κ2) is 8.48. The van der Waals surface area contributed by atoms with Crippen molar-refractivity contribution >= 4 is 5.82 Å². The monoisotopic (exact) mass is 420 g/mol. The van der Waals surface area contributed by atoms with Crippen LogP contribution < -0.4 is 20.1 Å². The molecule has 0 spiro atoms. The summed E-state index contributed by atoms with van der Waals surface area (Å²) < 4.78 is 26.1. The number of nitriles is 1. The number of nitrogens with zero attached hydrogens (tertiary/aromatic N) is 4. The number of hydrogen-bond donors (Lipinski definition) is 0. The fraction of sp³-hybridized carbons (Fsp3) is 0.261. The van der Waals surface area contributed by atoms with Gasteiger partial charge in [-0.15, -0.1) is 0 Å². The number of ether oxygens (including phenoxy) is 2. The first-order valence-corrected chi connectivity index (χ1v) is 9.88. The van der Waals surface area contributed by atoms with Crippen molar-refractivity contribution in [3.05, 3.63) is 76.0 Å². The Hall–Kier alpha value is -3.86. The molecule has 1 aliphatic rings. The van der Waals surface area contributed by atoms with Crippen molar-refractivity contribution in [2.24, 2.45) is 0 Å². The van der Waals surface area contributed by atoms with Crippen molar-refractivity contribution < 1.29 is 13.9 Å². The van der Waals surface area contributed by atoms with Gasteiger partial charge in [-0.1, -0.05) is 6.07 Å². The number of benzene rings is 2. The minimum Gasteiger partial charge on any atom is -0.473 e. The van der Waals surface area contributed by atoms with Crippen LogP contribution in [0.5, 0.6) is 17.4 Å². The van der Waals surface area contributed by atoms with Crippen molar-refractivity contribution in [3.8, 4) is 23.4 Å². The summed E-state index contributed by atoms with van der Waals surface area (Å²) in [6.07, 6.45) is 0.884. The minimum atomic E-state index is -0.364. The van der Waals surface area contributed by atoms with E-state index in [2.05, 4.69) is 18.0 Å². The summed E-state index contributed by atoms with van der Waals surface area (Å²) in [7, 11) is 1.94. The Morgan fingerprint density at radius 2 is 2.00 bits per heavy atom. The molecule has 8 heteroatoms. The highest BCUT2D eigenvalue weighted by Gasteiger charge is 2.22. The SMILES string of the molecule is C[C@H]1CCn2c(cc(OCc3ccc(Oc4ccc(F)cc4)c(C#N)c3)nc2=O)N1C. The van der Waals surface area contributed by atoms with Gasteiger partial charge in [0.25, 0.3) is 0 Å². The van der Waals surface area contributed by atoms with Gasteiger partial charge in [-0.05, 0) is 55.3 Å². The average Bonchev–Trinajstić information content (AvgIpc) is 2.77. The summed E-state index contributed by atoms with van der Waals surface area (Å²) in [6.45, 7) is 2.88. The van der Waals surface area contributed by atoms with Crippen LogP contribution >= 0.6 is 0 Å². The molecule has 158 valence electrons. The fourth-order valence-corrected chi connectivity index (χ4v) is 3.42. The Morgan fingerprint density at radius 1 is 1.23 bits per heavy atom. The molecule has 1 aliphatic heterocycles. The zero-order valence-corrected chi connectivity index (χ0v) is 17.2. The topological polar surface area (TPSA) is 80.4 Å². The second-order valence-corrected chi connectivity index (χ2v) is 7.42. The molecular weight excluding hydrogens is 399 g/mol. The first kappa shape index (κ1) is 20.4. The summed E-state index contributed by atoms with van der Waals surface area (Å²) in [5.41, 5.74) is 0.703. The Bertz CT molecular complexity index is 1200. The van der Waals surface area contributed by atoms with Gasteiger partial charge in [-0.25, -0.2) is 9.18 Å². The third-order valence-electron chi connectivity index (χ3n) is 5.35. The molecule has 0 aliphatic carbocycles. The average molecular weight is 420 g/mol. The van der Waals surface area contributed by atoms with Gasteiger partial charge >= 0.3 is 5.69 Å². The number of rotatable bonds is 5. The highest BCUT2D eigenvalue weighted by atomic mass is 19.1. The van der Waals surface area contributed by atoms with Crippen molar-refractivity contribution in [3.63, 3.8) is 0 Å². The number of anilines is 1. The lowest BCUT2D eigenvalue weighted by molar-refractivity contribution is 0.289. The van der Waals surface area contributed by atoms with Crippen LogP contribution in [0.15, 0.2) is 53.3 Å². The summed E-state index contributed by atoms with van der Waals surface area (Å²) in [5.74, 6) is 1.44. The molecule has 2 heterocycles. The van der Waals surface area contributed by atoms with E-state index in [1.807, 2.05) is 11.9 Å². The van der Waals surface area contributed by atoms with E-state index in [9.17, 15) is 14.4 Å². The summed E-state index contributed by atoms with van der Waals surface area (Å²) in [4.78, 5) is 18.4. The van der Waals surface area contributed by atoms with Crippen LogP contribution in [-0.2, 0) is 13.2 Å². The first-order chi connectivity index (χ1) is 14.9. The molecule has 0 saturated carbocycles. The molecule has 0 fully saturated rings. The van der Waals surface area contributed by atoms with Crippen LogP contribution in [0, 0.1) is 17.1 Å². The molecular formula is C23H21FN4O3. The molecule has 0 radical (unpaired) electrons. The third-order valence-corrected chi connectivity index (χ3v) is 5.35. The Morgan fingerprint density at radius 3 is 2.74 bits per heavy atom. The fourth-order valence-electron chi connectivity index (χ4n) is 3.42. The number of fused-ring (bicyclic) bond motifs is 1. The van der Waals surface area contributed by atoms with E-state index in [-0.39, 0.29) is 24.0 Å². The van der Waals surface area contributed by atoms with E-state index in [4.69, 9.17) is 9.47 Å². The molecule has 31 heavy (non-hydrogen) atoms. The summed E-state index contributed by atoms with van der Waals surface area (Å²) >= 11 is 0. The molecule has 4 rings (SSSR count). The van der Waals surface area contributed by atoms with Crippen LogP contribution in [-0.4, -0.2) is 22.6 Å². The molecule has 0 unspecified atom stereocenters. The maximum Gasteiger partial charge on any atom is 0.352 e. The predicted octanol–water partition coefficient (Wildman–Crippen LogP) is 3.85. The maximum atomic E-state index is 13.1. The van der Waals surface area contributed by atoms with Crippen LogP contribution in [0.4, 0.5) is 10.2 Å². The zero-order chi connectivity index (χ0) is 22.0. The maximum absolute atomic E-state index is 13.1. The van der Waals surface area contributed by atoms with Gasteiger partial charge < -0.3 is 14.4 Å². The standard InChI is InChI=1S/C23H21FN4O3/c1-15-9-10-28-22(27(15)2)12-21(26-23(28)29)30-14-16-3-8-20(17(11-16)13-25)31-19-6-4-18(24)5-7-19/h3-8,11-12,15H,9-10,14H2,1-2H3/t15-/m0/s1. The summed E-state index contributed by atoms with van der Waals surface area (Å²) in [5, 5.41) is 9.48. The van der Waals surface area contributed by atoms with Crippen LogP contribution in [0.3, 0.4) is 0 Å². The van der Waals surface area contributed by atoms with Gasteiger partial charge in [-0.2, -0.15) is 10.2 Å². The van der Waals surface area contributed by atoms with Gasteiger partial charge in [0.2, 0.25) is 5.88 Å². The van der Waals surface area contributed by atoms with E-state index in [0.29, 0.717) is 29.6 Å².